The molecule has 38 heavy (non-hydrogen) atoms. The predicted octanol–water partition coefficient (Wildman–Crippen LogP) is 7.05. The van der Waals surface area contributed by atoms with Crippen molar-refractivity contribution in [3.05, 3.63) is 99.5 Å². The van der Waals surface area contributed by atoms with Crippen molar-refractivity contribution in [2.24, 2.45) is 0 Å². The normalized spacial score (nSPS) is 12.6. The van der Waals surface area contributed by atoms with Crippen LogP contribution in [0.5, 0.6) is 5.75 Å². The molecule has 2 amide bonds. The first-order valence-electron chi connectivity index (χ1n) is 13.0. The Morgan fingerprint density at radius 3 is 2.24 bits per heavy atom. The molecular formula is C31H36Cl2N2O3. The number of hydrogen-bond acceptors (Lipinski definition) is 3. The van der Waals surface area contributed by atoms with Crippen LogP contribution in [0.25, 0.3) is 0 Å². The number of hydrogen-bond donors (Lipinski definition) is 1. The molecule has 7 heteroatoms. The van der Waals surface area contributed by atoms with Gasteiger partial charge in [-0.25, -0.2) is 0 Å². The molecule has 202 valence electrons. The van der Waals surface area contributed by atoms with Gasteiger partial charge in [0.2, 0.25) is 5.91 Å². The summed E-state index contributed by atoms with van der Waals surface area (Å²) >= 11 is 12.4. The van der Waals surface area contributed by atoms with Crippen LogP contribution in [0.4, 0.5) is 0 Å². The lowest BCUT2D eigenvalue weighted by Crippen LogP contribution is -2.53. The Hall–Kier alpha value is -3.02. The molecule has 3 rings (SSSR count). The SMILES string of the molecule is CC[C@H](C)NC(=O)[C@@H](Cc1ccccc1)N(Cc1ccc(Cl)c(Cl)c1)C(=O)COc1ccccc1C(C)C. The van der Waals surface area contributed by atoms with E-state index in [-0.39, 0.29) is 36.9 Å². The highest BCUT2D eigenvalue weighted by atomic mass is 35.5. The zero-order valence-corrected chi connectivity index (χ0v) is 23.9. The van der Waals surface area contributed by atoms with Crippen LogP contribution in [0, 0.1) is 0 Å². The molecule has 0 saturated heterocycles. The predicted molar refractivity (Wildman–Crippen MR) is 155 cm³/mol. The third-order valence-corrected chi connectivity index (χ3v) is 7.24. The van der Waals surface area contributed by atoms with Crippen LogP contribution in [0.1, 0.15) is 56.7 Å². The Balaban J connectivity index is 1.96. The average molecular weight is 556 g/mol. The maximum absolute atomic E-state index is 13.8. The number of amides is 2. The van der Waals surface area contributed by atoms with Gasteiger partial charge in [-0.15, -0.1) is 0 Å². The monoisotopic (exact) mass is 554 g/mol. The Bertz CT molecular complexity index is 1220. The van der Waals surface area contributed by atoms with Crippen molar-refractivity contribution in [1.29, 1.82) is 0 Å². The molecule has 0 saturated carbocycles. The van der Waals surface area contributed by atoms with E-state index in [1.807, 2.05) is 74.5 Å². The van der Waals surface area contributed by atoms with Gasteiger partial charge in [-0.2, -0.15) is 0 Å². The van der Waals surface area contributed by atoms with Crippen LogP contribution in [0.15, 0.2) is 72.8 Å². The molecule has 0 bridgehead atoms. The van der Waals surface area contributed by atoms with Crippen molar-refractivity contribution in [1.82, 2.24) is 10.2 Å². The quantitative estimate of drug-likeness (QED) is 0.261. The van der Waals surface area contributed by atoms with Gasteiger partial charge >= 0.3 is 0 Å². The summed E-state index contributed by atoms with van der Waals surface area (Å²) in [4.78, 5) is 29.0. The highest BCUT2D eigenvalue weighted by Crippen LogP contribution is 2.27. The molecule has 3 aromatic rings. The van der Waals surface area contributed by atoms with E-state index in [0.717, 1.165) is 23.1 Å². The number of nitrogens with zero attached hydrogens (tertiary/aromatic N) is 1. The summed E-state index contributed by atoms with van der Waals surface area (Å²) in [5.74, 6) is 0.392. The van der Waals surface area contributed by atoms with Crippen LogP contribution >= 0.6 is 23.2 Å². The van der Waals surface area contributed by atoms with Gasteiger partial charge in [0, 0.05) is 19.0 Å². The minimum atomic E-state index is -0.753. The van der Waals surface area contributed by atoms with E-state index < -0.39 is 6.04 Å². The van der Waals surface area contributed by atoms with Crippen LogP contribution in [-0.4, -0.2) is 35.4 Å². The van der Waals surface area contributed by atoms with Gasteiger partial charge in [0.1, 0.15) is 11.8 Å². The second kappa shape index (κ2) is 14.2. The fourth-order valence-corrected chi connectivity index (χ4v) is 4.46. The van der Waals surface area contributed by atoms with Gasteiger partial charge in [-0.05, 0) is 54.2 Å². The lowest BCUT2D eigenvalue weighted by molar-refractivity contribution is -0.143. The van der Waals surface area contributed by atoms with Gasteiger partial charge in [-0.3, -0.25) is 9.59 Å². The second-order valence-corrected chi connectivity index (χ2v) is 10.6. The number of carbonyl (C=O) groups is 2. The molecular weight excluding hydrogens is 519 g/mol. The maximum Gasteiger partial charge on any atom is 0.261 e. The van der Waals surface area contributed by atoms with Gasteiger partial charge in [0.25, 0.3) is 5.91 Å². The van der Waals surface area contributed by atoms with Gasteiger partial charge < -0.3 is 15.0 Å². The number of carbonyl (C=O) groups excluding carboxylic acids is 2. The fourth-order valence-electron chi connectivity index (χ4n) is 4.14. The van der Waals surface area contributed by atoms with E-state index >= 15 is 0 Å². The first-order chi connectivity index (χ1) is 18.2. The number of ether oxygens (including phenoxy) is 1. The van der Waals surface area contributed by atoms with E-state index in [4.69, 9.17) is 27.9 Å². The zero-order valence-electron chi connectivity index (χ0n) is 22.4. The first-order valence-corrected chi connectivity index (χ1v) is 13.7. The molecule has 0 spiro atoms. The van der Waals surface area contributed by atoms with Gasteiger partial charge in [0.15, 0.2) is 6.61 Å². The number of para-hydroxylation sites is 1. The van der Waals surface area contributed by atoms with Gasteiger partial charge in [-0.1, -0.05) is 98.6 Å². The standard InChI is InChI=1S/C31H36Cl2N2O3/c1-5-22(4)34-31(37)28(18-23-11-7-6-8-12-23)35(19-24-15-16-26(32)27(33)17-24)30(36)20-38-29-14-10-9-13-25(29)21(2)3/h6-17,21-22,28H,5,18-20H2,1-4H3,(H,34,37)/t22-,28+/m0/s1. The summed E-state index contributed by atoms with van der Waals surface area (Å²) in [6.07, 6.45) is 1.14. The topological polar surface area (TPSA) is 58.6 Å². The van der Waals surface area contributed by atoms with Crippen molar-refractivity contribution in [3.63, 3.8) is 0 Å². The lowest BCUT2D eigenvalue weighted by Gasteiger charge is -2.32. The van der Waals surface area contributed by atoms with Crippen LogP contribution in [-0.2, 0) is 22.6 Å². The Labute approximate surface area is 236 Å². The summed E-state index contributed by atoms with van der Waals surface area (Å²) in [5.41, 5.74) is 2.74. The molecule has 3 aromatic carbocycles. The Morgan fingerprint density at radius 2 is 1.58 bits per heavy atom. The number of halogens is 2. The van der Waals surface area contributed by atoms with Crippen molar-refractivity contribution < 1.29 is 14.3 Å². The van der Waals surface area contributed by atoms with Crippen LogP contribution < -0.4 is 10.1 Å². The minimum Gasteiger partial charge on any atom is -0.483 e. The summed E-state index contributed by atoms with van der Waals surface area (Å²) in [6.45, 7) is 8.10. The summed E-state index contributed by atoms with van der Waals surface area (Å²) in [5, 5.41) is 3.89. The van der Waals surface area contributed by atoms with Crippen molar-refractivity contribution >= 4 is 35.0 Å². The second-order valence-electron chi connectivity index (χ2n) is 9.77. The highest BCUT2D eigenvalue weighted by molar-refractivity contribution is 6.42. The average Bonchev–Trinajstić information content (AvgIpc) is 2.91. The smallest absolute Gasteiger partial charge is 0.261 e. The largest absolute Gasteiger partial charge is 0.483 e. The molecule has 0 fully saturated rings. The fraction of sp³-hybridized carbons (Fsp3) is 0.355. The first kappa shape index (κ1) is 29.5. The third kappa shape index (κ3) is 8.24. The summed E-state index contributed by atoms with van der Waals surface area (Å²) in [7, 11) is 0. The molecule has 0 unspecified atom stereocenters. The van der Waals surface area contributed by atoms with Crippen LogP contribution in [0.2, 0.25) is 10.0 Å². The molecule has 1 N–H and O–H groups in total. The lowest BCUT2D eigenvalue weighted by atomic mass is 10.0. The minimum absolute atomic E-state index is 0.0307. The van der Waals surface area contributed by atoms with E-state index in [2.05, 4.69) is 19.2 Å². The Kier molecular flexibility index (Phi) is 11.1. The van der Waals surface area contributed by atoms with Crippen molar-refractivity contribution in [2.75, 3.05) is 6.61 Å². The summed E-state index contributed by atoms with van der Waals surface area (Å²) in [6, 6.07) is 21.9. The molecule has 5 nitrogen and oxygen atoms in total. The van der Waals surface area contributed by atoms with Crippen molar-refractivity contribution in [2.45, 2.75) is 65.1 Å². The van der Waals surface area contributed by atoms with E-state index in [9.17, 15) is 9.59 Å². The highest BCUT2D eigenvalue weighted by Gasteiger charge is 2.31. The molecule has 0 aliphatic heterocycles. The van der Waals surface area contributed by atoms with E-state index in [1.54, 1.807) is 17.0 Å². The van der Waals surface area contributed by atoms with Crippen molar-refractivity contribution in [3.8, 4) is 5.75 Å². The Morgan fingerprint density at radius 1 is 0.895 bits per heavy atom. The molecule has 2 atom stereocenters. The molecule has 0 aromatic heterocycles. The van der Waals surface area contributed by atoms with E-state index in [1.165, 1.54) is 0 Å². The number of rotatable bonds is 12. The third-order valence-electron chi connectivity index (χ3n) is 6.50. The number of nitrogens with one attached hydrogen (secondary N) is 1. The number of benzene rings is 3. The van der Waals surface area contributed by atoms with Gasteiger partial charge in [0.05, 0.1) is 10.0 Å². The van der Waals surface area contributed by atoms with Crippen LogP contribution in [0.3, 0.4) is 0 Å². The molecule has 0 heterocycles. The van der Waals surface area contributed by atoms with E-state index in [0.29, 0.717) is 22.2 Å². The maximum atomic E-state index is 13.8. The molecule has 0 radical (unpaired) electrons. The molecule has 0 aliphatic rings. The zero-order chi connectivity index (χ0) is 27.7. The molecule has 0 aliphatic carbocycles. The summed E-state index contributed by atoms with van der Waals surface area (Å²) < 4.78 is 6.03.